The predicted molar refractivity (Wildman–Crippen MR) is 70.2 cm³/mol. The topological polar surface area (TPSA) is 29.1 Å². The van der Waals surface area contributed by atoms with E-state index < -0.39 is 0 Å². The molecule has 0 aromatic rings. The summed E-state index contributed by atoms with van der Waals surface area (Å²) in [5.74, 6) is 0. The van der Waals surface area contributed by atoms with Crippen LogP contribution in [0.3, 0.4) is 0 Å². The summed E-state index contributed by atoms with van der Waals surface area (Å²) in [5, 5.41) is 3.17. The molecule has 1 N–H and O–H groups in total. The fourth-order valence-corrected chi connectivity index (χ4v) is 1.64. The van der Waals surface area contributed by atoms with Gasteiger partial charge in [-0.05, 0) is 31.4 Å². The van der Waals surface area contributed by atoms with Crippen molar-refractivity contribution in [1.82, 2.24) is 5.32 Å². The number of hydrogen-bond acceptors (Lipinski definition) is 2. The van der Waals surface area contributed by atoms with Crippen LogP contribution < -0.4 is 5.32 Å². The molecule has 0 aromatic heterocycles. The molecule has 0 aliphatic carbocycles. The van der Waals surface area contributed by atoms with E-state index in [1.807, 2.05) is 27.0 Å². The first-order valence-corrected chi connectivity index (χ1v) is 5.74. The lowest BCUT2D eigenvalue weighted by Gasteiger charge is -2.13. The Hall–Kier alpha value is -1.31. The van der Waals surface area contributed by atoms with E-state index in [1.54, 1.807) is 0 Å². The molecule has 0 aromatic carbocycles. The first-order valence-electron chi connectivity index (χ1n) is 5.74. The summed E-state index contributed by atoms with van der Waals surface area (Å²) in [6.07, 6.45) is 5.40. The Labute approximate surface area is 99.1 Å². The molecule has 0 rings (SSSR count). The van der Waals surface area contributed by atoms with Gasteiger partial charge in [-0.3, -0.25) is 0 Å². The van der Waals surface area contributed by atoms with E-state index in [0.717, 1.165) is 36.0 Å². The average Bonchev–Trinajstić information content (AvgIpc) is 2.22. The van der Waals surface area contributed by atoms with E-state index in [-0.39, 0.29) is 0 Å². The quantitative estimate of drug-likeness (QED) is 0.527. The second-order valence-electron chi connectivity index (χ2n) is 4.07. The van der Waals surface area contributed by atoms with Crippen LogP contribution in [0.2, 0.25) is 0 Å². The minimum absolute atomic E-state index is 0.429. The molecule has 0 saturated heterocycles. The van der Waals surface area contributed by atoms with Crippen LogP contribution in [0.4, 0.5) is 0 Å². The highest BCUT2D eigenvalue weighted by atomic mass is 16.1. The maximum atomic E-state index is 10.7. The van der Waals surface area contributed by atoms with Crippen LogP contribution in [0.1, 0.15) is 40.0 Å². The average molecular weight is 221 g/mol. The van der Waals surface area contributed by atoms with Crippen LogP contribution in [0, 0.1) is 0 Å². The van der Waals surface area contributed by atoms with Gasteiger partial charge in [0.1, 0.15) is 6.29 Å². The largest absolute Gasteiger partial charge is 0.391 e. The highest BCUT2D eigenvalue weighted by molar-refractivity contribution is 5.60. The van der Waals surface area contributed by atoms with E-state index in [4.69, 9.17) is 0 Å². The number of carbonyl (C=O) groups excluding carboxylic acids is 1. The van der Waals surface area contributed by atoms with Crippen LogP contribution in [0.5, 0.6) is 0 Å². The van der Waals surface area contributed by atoms with Gasteiger partial charge in [0, 0.05) is 19.2 Å². The van der Waals surface area contributed by atoms with Gasteiger partial charge >= 0.3 is 0 Å². The molecule has 0 spiro atoms. The smallest absolute Gasteiger partial charge is 0.124 e. The zero-order chi connectivity index (χ0) is 12.6. The van der Waals surface area contributed by atoms with Crippen LogP contribution in [-0.2, 0) is 4.79 Å². The van der Waals surface area contributed by atoms with E-state index >= 15 is 0 Å². The summed E-state index contributed by atoms with van der Waals surface area (Å²) in [5.41, 5.74) is 4.28. The minimum Gasteiger partial charge on any atom is -0.391 e. The molecule has 2 heteroatoms. The van der Waals surface area contributed by atoms with Crippen molar-refractivity contribution in [2.45, 2.75) is 40.0 Å². The molecule has 0 atom stereocenters. The lowest BCUT2D eigenvalue weighted by Crippen LogP contribution is -2.10. The number of rotatable bonds is 7. The number of carbonyl (C=O) groups is 1. The molecule has 0 aliphatic heterocycles. The van der Waals surface area contributed by atoms with Gasteiger partial charge in [-0.15, -0.1) is 0 Å². The summed E-state index contributed by atoms with van der Waals surface area (Å²) in [6, 6.07) is 0. The summed E-state index contributed by atoms with van der Waals surface area (Å²) in [6.45, 7) is 10.2. The number of nitrogens with one attached hydrogen (secondary N) is 1. The van der Waals surface area contributed by atoms with Crippen molar-refractivity contribution in [2.24, 2.45) is 0 Å². The van der Waals surface area contributed by atoms with Crippen molar-refractivity contribution in [3.8, 4) is 0 Å². The van der Waals surface area contributed by atoms with Gasteiger partial charge in [0.2, 0.25) is 0 Å². The molecule has 0 unspecified atom stereocenters. The Bertz CT molecular complexity index is 307. The fourth-order valence-electron chi connectivity index (χ4n) is 1.64. The van der Waals surface area contributed by atoms with E-state index in [9.17, 15) is 4.79 Å². The maximum absolute atomic E-state index is 10.7. The second-order valence-corrected chi connectivity index (χ2v) is 4.07. The molecular weight excluding hydrogens is 198 g/mol. The predicted octanol–water partition coefficient (Wildman–Crippen LogP) is 3.37. The van der Waals surface area contributed by atoms with Gasteiger partial charge in [-0.1, -0.05) is 31.6 Å². The normalized spacial score (nSPS) is 11.5. The highest BCUT2D eigenvalue weighted by Crippen LogP contribution is 2.20. The molecule has 0 amide bonds. The first-order chi connectivity index (χ1) is 7.56. The van der Waals surface area contributed by atoms with E-state index in [0.29, 0.717) is 6.42 Å². The molecule has 0 radical (unpaired) electrons. The third-order valence-electron chi connectivity index (χ3n) is 2.30. The summed E-state index contributed by atoms with van der Waals surface area (Å²) >= 11 is 0. The summed E-state index contributed by atoms with van der Waals surface area (Å²) in [7, 11) is 1.89. The number of aldehydes is 1. The van der Waals surface area contributed by atoms with E-state index in [1.165, 1.54) is 5.57 Å². The number of hydrogen-bond donors (Lipinski definition) is 1. The van der Waals surface area contributed by atoms with Gasteiger partial charge in [0.25, 0.3) is 0 Å². The third kappa shape index (κ3) is 4.96. The Morgan fingerprint density at radius 1 is 1.38 bits per heavy atom. The van der Waals surface area contributed by atoms with Crippen molar-refractivity contribution in [3.63, 3.8) is 0 Å². The lowest BCUT2D eigenvalue weighted by atomic mass is 9.98. The van der Waals surface area contributed by atoms with Crippen molar-refractivity contribution in [1.29, 1.82) is 0 Å². The highest BCUT2D eigenvalue weighted by Gasteiger charge is 2.07. The molecule has 0 bridgehead atoms. The van der Waals surface area contributed by atoms with Crippen molar-refractivity contribution in [3.05, 3.63) is 35.1 Å². The Morgan fingerprint density at radius 2 is 2.00 bits per heavy atom. The fraction of sp³-hybridized carbons (Fsp3) is 0.500. The van der Waals surface area contributed by atoms with Gasteiger partial charge in [0.05, 0.1) is 0 Å². The lowest BCUT2D eigenvalue weighted by molar-refractivity contribution is -0.107. The van der Waals surface area contributed by atoms with Crippen LogP contribution in [0.15, 0.2) is 35.1 Å². The molecule has 90 valence electrons. The van der Waals surface area contributed by atoms with Crippen LogP contribution in [-0.4, -0.2) is 13.3 Å². The monoisotopic (exact) mass is 221 g/mol. The molecule has 0 aliphatic rings. The van der Waals surface area contributed by atoms with Crippen LogP contribution in [0.25, 0.3) is 0 Å². The molecular formula is C14H23NO. The molecule has 0 heterocycles. The summed E-state index contributed by atoms with van der Waals surface area (Å²) < 4.78 is 0. The van der Waals surface area contributed by atoms with Crippen molar-refractivity contribution in [2.75, 3.05) is 7.05 Å². The molecule has 0 fully saturated rings. The van der Waals surface area contributed by atoms with E-state index in [2.05, 4.69) is 18.8 Å². The minimum atomic E-state index is 0.429. The maximum Gasteiger partial charge on any atom is 0.124 e. The zero-order valence-electron chi connectivity index (χ0n) is 10.9. The van der Waals surface area contributed by atoms with Crippen molar-refractivity contribution < 1.29 is 4.79 Å². The van der Waals surface area contributed by atoms with Crippen molar-refractivity contribution >= 4 is 6.29 Å². The number of allylic oxidation sites excluding steroid dienone is 5. The van der Waals surface area contributed by atoms with Gasteiger partial charge < -0.3 is 10.1 Å². The Kier molecular flexibility index (Phi) is 7.27. The van der Waals surface area contributed by atoms with Crippen LogP contribution >= 0.6 is 0 Å². The van der Waals surface area contributed by atoms with Gasteiger partial charge in [-0.25, -0.2) is 0 Å². The SMILES string of the molecule is C=C(C=C(C)C)/C(CC=O)=C(/CCC)NC. The first kappa shape index (κ1) is 14.7. The molecule has 2 nitrogen and oxygen atoms in total. The molecule has 16 heavy (non-hydrogen) atoms. The summed E-state index contributed by atoms with van der Waals surface area (Å²) in [4.78, 5) is 10.7. The Morgan fingerprint density at radius 3 is 2.38 bits per heavy atom. The zero-order valence-corrected chi connectivity index (χ0v) is 10.9. The van der Waals surface area contributed by atoms with Gasteiger partial charge in [-0.2, -0.15) is 0 Å². The third-order valence-corrected chi connectivity index (χ3v) is 2.30. The Balaban J connectivity index is 5.16. The molecule has 0 saturated carbocycles. The van der Waals surface area contributed by atoms with Gasteiger partial charge in [0.15, 0.2) is 0 Å². The standard InChI is InChI=1S/C14H23NO/c1-6-7-14(15-5)13(8-9-16)12(4)10-11(2)3/h9-10,15H,4,6-8H2,1-3,5H3/b14-13-. The second kappa shape index (κ2) is 7.91.